The molecule has 1 amide bonds. The molecule has 4 rings (SSSR count). The summed E-state index contributed by atoms with van der Waals surface area (Å²) in [5, 5.41) is 12.2. The van der Waals surface area contributed by atoms with Gasteiger partial charge in [-0.1, -0.05) is 30.3 Å². The molecule has 0 saturated heterocycles. The van der Waals surface area contributed by atoms with E-state index in [2.05, 4.69) is 4.98 Å². The smallest absolute Gasteiger partial charge is 0.326 e. The molecule has 7 heteroatoms. The number of fused-ring (bicyclic) bond motifs is 1. The molecule has 1 unspecified atom stereocenters. The number of thiazole rings is 1. The van der Waals surface area contributed by atoms with E-state index in [1.165, 1.54) is 23.2 Å². The average molecular weight is 380 g/mol. The number of carbonyl (C=O) groups excluding carboxylic acids is 1. The molecular weight excluding hydrogens is 364 g/mol. The maximum Gasteiger partial charge on any atom is 0.326 e. The van der Waals surface area contributed by atoms with Crippen LogP contribution in [-0.2, 0) is 9.59 Å². The number of aliphatic carboxylic acids is 1. The van der Waals surface area contributed by atoms with E-state index in [1.807, 2.05) is 41.8 Å². The summed E-state index contributed by atoms with van der Waals surface area (Å²) in [5.41, 5.74) is 3.05. The quantitative estimate of drug-likeness (QED) is 0.747. The molecule has 0 saturated carbocycles. The van der Waals surface area contributed by atoms with Gasteiger partial charge in [-0.2, -0.15) is 0 Å². The average Bonchev–Trinajstić information content (AvgIpc) is 3.18. The maximum absolute atomic E-state index is 12.3. The van der Waals surface area contributed by atoms with Crippen LogP contribution in [0.15, 0.2) is 53.9 Å². The van der Waals surface area contributed by atoms with Gasteiger partial charge in [0.25, 0.3) is 5.91 Å². The van der Waals surface area contributed by atoms with Crippen LogP contribution in [0.25, 0.3) is 21.8 Å². The molecule has 6 nitrogen and oxygen atoms in total. The molecule has 1 aliphatic heterocycles. The Bertz CT molecular complexity index is 1020. The number of benzene rings is 2. The van der Waals surface area contributed by atoms with Gasteiger partial charge < -0.3 is 9.84 Å². The van der Waals surface area contributed by atoms with E-state index in [-0.39, 0.29) is 12.5 Å². The summed E-state index contributed by atoms with van der Waals surface area (Å²) in [6.07, 6.45) is 0. The van der Waals surface area contributed by atoms with E-state index in [1.54, 1.807) is 12.1 Å². The van der Waals surface area contributed by atoms with Gasteiger partial charge >= 0.3 is 5.97 Å². The van der Waals surface area contributed by atoms with Crippen LogP contribution in [0.1, 0.15) is 6.92 Å². The van der Waals surface area contributed by atoms with E-state index < -0.39 is 12.0 Å². The van der Waals surface area contributed by atoms with Crippen LogP contribution >= 0.6 is 11.3 Å². The fourth-order valence-corrected chi connectivity index (χ4v) is 3.82. The highest BCUT2D eigenvalue weighted by atomic mass is 32.1. The number of carboxylic acid groups (broad SMARTS) is 1. The highest BCUT2D eigenvalue weighted by molar-refractivity contribution is 7.13. The first-order valence-electron chi connectivity index (χ1n) is 8.37. The van der Waals surface area contributed by atoms with Gasteiger partial charge in [0.05, 0.1) is 11.4 Å². The molecule has 0 fully saturated rings. The lowest BCUT2D eigenvalue weighted by Crippen LogP contribution is -2.48. The maximum atomic E-state index is 12.3. The van der Waals surface area contributed by atoms with Crippen LogP contribution in [0.3, 0.4) is 0 Å². The summed E-state index contributed by atoms with van der Waals surface area (Å²) in [5.74, 6) is -0.954. The second-order valence-corrected chi connectivity index (χ2v) is 7.01. The molecule has 27 heavy (non-hydrogen) atoms. The molecule has 2 heterocycles. The first-order chi connectivity index (χ1) is 13.0. The first-order valence-corrected chi connectivity index (χ1v) is 9.25. The van der Waals surface area contributed by atoms with Crippen molar-refractivity contribution in [3.8, 4) is 27.6 Å². The van der Waals surface area contributed by atoms with Crippen molar-refractivity contribution in [2.24, 2.45) is 0 Å². The predicted molar refractivity (Wildman–Crippen MR) is 103 cm³/mol. The Kier molecular flexibility index (Phi) is 4.37. The van der Waals surface area contributed by atoms with Crippen molar-refractivity contribution in [2.75, 3.05) is 11.5 Å². The number of hydrogen-bond acceptors (Lipinski definition) is 5. The molecule has 0 bridgehead atoms. The summed E-state index contributed by atoms with van der Waals surface area (Å²) in [6, 6.07) is 14.3. The minimum atomic E-state index is -1.07. The zero-order chi connectivity index (χ0) is 19.0. The van der Waals surface area contributed by atoms with Gasteiger partial charge in [0.2, 0.25) is 0 Å². The van der Waals surface area contributed by atoms with Crippen LogP contribution in [0.4, 0.5) is 5.69 Å². The Labute approximate surface area is 159 Å². The zero-order valence-electron chi connectivity index (χ0n) is 14.5. The molecule has 1 atom stereocenters. The van der Waals surface area contributed by atoms with Gasteiger partial charge in [-0.15, -0.1) is 11.3 Å². The Balaban J connectivity index is 1.73. The van der Waals surface area contributed by atoms with Crippen molar-refractivity contribution >= 4 is 28.9 Å². The third-order valence-electron chi connectivity index (χ3n) is 4.40. The van der Waals surface area contributed by atoms with Crippen molar-refractivity contribution < 1.29 is 19.4 Å². The highest BCUT2D eigenvalue weighted by Gasteiger charge is 2.33. The topological polar surface area (TPSA) is 79.7 Å². The Morgan fingerprint density at radius 2 is 2.00 bits per heavy atom. The Morgan fingerprint density at radius 3 is 2.74 bits per heavy atom. The lowest BCUT2D eigenvalue weighted by molar-refractivity contribution is -0.140. The number of aromatic nitrogens is 1. The largest absolute Gasteiger partial charge is 0.482 e. The molecule has 2 aromatic carbocycles. The van der Waals surface area contributed by atoms with Crippen molar-refractivity contribution in [1.82, 2.24) is 4.98 Å². The number of carbonyl (C=O) groups is 2. The number of anilines is 1. The SMILES string of the molecule is CC(C(=O)O)N1C(=O)COc2ccc(-c3csc(-c4ccccc4)n3)cc21. The third kappa shape index (κ3) is 3.17. The lowest BCUT2D eigenvalue weighted by Gasteiger charge is -2.32. The predicted octanol–water partition coefficient (Wildman–Crippen LogP) is 3.68. The van der Waals surface area contributed by atoms with Gasteiger partial charge in [0.1, 0.15) is 16.8 Å². The van der Waals surface area contributed by atoms with Crippen LogP contribution in [-0.4, -0.2) is 34.6 Å². The Hall–Kier alpha value is -3.19. The number of carboxylic acids is 1. The van der Waals surface area contributed by atoms with E-state index in [9.17, 15) is 14.7 Å². The number of rotatable bonds is 4. The van der Waals surface area contributed by atoms with Gasteiger partial charge in [-0.25, -0.2) is 9.78 Å². The van der Waals surface area contributed by atoms with Crippen molar-refractivity contribution in [3.05, 3.63) is 53.9 Å². The Morgan fingerprint density at radius 1 is 1.22 bits per heavy atom. The van der Waals surface area contributed by atoms with Crippen LogP contribution in [0.2, 0.25) is 0 Å². The van der Waals surface area contributed by atoms with Crippen LogP contribution in [0, 0.1) is 0 Å². The number of amides is 1. The molecular formula is C20H16N2O4S. The number of ether oxygens (including phenoxy) is 1. The van der Waals surface area contributed by atoms with E-state index in [0.717, 1.165) is 21.8 Å². The monoisotopic (exact) mass is 380 g/mol. The zero-order valence-corrected chi connectivity index (χ0v) is 15.3. The summed E-state index contributed by atoms with van der Waals surface area (Å²) >= 11 is 1.53. The second-order valence-electron chi connectivity index (χ2n) is 6.15. The van der Waals surface area contributed by atoms with E-state index >= 15 is 0 Å². The number of nitrogens with zero attached hydrogens (tertiary/aromatic N) is 2. The van der Waals surface area contributed by atoms with E-state index in [0.29, 0.717) is 11.4 Å². The minimum Gasteiger partial charge on any atom is -0.482 e. The molecule has 0 radical (unpaired) electrons. The van der Waals surface area contributed by atoms with Crippen molar-refractivity contribution in [1.29, 1.82) is 0 Å². The molecule has 1 aliphatic rings. The summed E-state index contributed by atoms with van der Waals surface area (Å²) in [7, 11) is 0. The summed E-state index contributed by atoms with van der Waals surface area (Å²) < 4.78 is 5.46. The fraction of sp³-hybridized carbons (Fsp3) is 0.150. The van der Waals surface area contributed by atoms with Crippen molar-refractivity contribution in [2.45, 2.75) is 13.0 Å². The van der Waals surface area contributed by atoms with Gasteiger partial charge in [0.15, 0.2) is 6.61 Å². The summed E-state index contributed by atoms with van der Waals surface area (Å²) in [4.78, 5) is 29.6. The first kappa shape index (κ1) is 17.2. The molecule has 136 valence electrons. The lowest BCUT2D eigenvalue weighted by atomic mass is 10.1. The molecule has 1 N–H and O–H groups in total. The standard InChI is InChI=1S/C20H16N2O4S/c1-12(20(24)25)22-16-9-14(7-8-17(16)26-10-18(22)23)15-11-27-19(21-15)13-5-3-2-4-6-13/h2-9,11-12H,10H2,1H3,(H,24,25). The highest BCUT2D eigenvalue weighted by Crippen LogP contribution is 2.38. The molecule has 0 spiro atoms. The molecule has 3 aromatic rings. The fourth-order valence-electron chi connectivity index (χ4n) is 2.99. The number of hydrogen-bond donors (Lipinski definition) is 1. The van der Waals surface area contributed by atoms with Gasteiger partial charge in [0, 0.05) is 16.5 Å². The van der Waals surface area contributed by atoms with Crippen LogP contribution in [0.5, 0.6) is 5.75 Å². The van der Waals surface area contributed by atoms with Gasteiger partial charge in [-0.05, 0) is 25.1 Å². The normalized spacial score (nSPS) is 14.4. The van der Waals surface area contributed by atoms with Crippen molar-refractivity contribution in [3.63, 3.8) is 0 Å². The molecule has 0 aliphatic carbocycles. The third-order valence-corrected chi connectivity index (χ3v) is 5.30. The molecule has 1 aromatic heterocycles. The second kappa shape index (κ2) is 6.85. The van der Waals surface area contributed by atoms with Crippen LogP contribution < -0.4 is 9.64 Å². The summed E-state index contributed by atoms with van der Waals surface area (Å²) in [6.45, 7) is 1.32. The van der Waals surface area contributed by atoms with E-state index in [4.69, 9.17) is 4.74 Å². The van der Waals surface area contributed by atoms with Gasteiger partial charge in [-0.3, -0.25) is 9.69 Å². The minimum absolute atomic E-state index is 0.168.